The van der Waals surface area contributed by atoms with Crippen molar-refractivity contribution >= 4 is 29.1 Å². The second-order valence-corrected chi connectivity index (χ2v) is 6.40. The van der Waals surface area contributed by atoms with Crippen LogP contribution in [0.2, 0.25) is 5.02 Å². The molecule has 0 saturated heterocycles. The van der Waals surface area contributed by atoms with Gasteiger partial charge in [0.1, 0.15) is 5.82 Å². The van der Waals surface area contributed by atoms with E-state index in [0.717, 1.165) is 12.1 Å². The van der Waals surface area contributed by atoms with E-state index in [1.807, 2.05) is 0 Å². The Balaban J connectivity index is 1.84. The number of rotatable bonds is 5. The normalized spacial score (nSPS) is 11.3. The SMILES string of the molecule is O=C(NCc1ccc(F)cc1)c1cnc(Nc2cccc(Cl)c2F)nc1C(F)(F)F. The van der Waals surface area contributed by atoms with Crippen molar-refractivity contribution < 1.29 is 26.7 Å². The monoisotopic (exact) mass is 442 g/mol. The Hall–Kier alpha value is -3.27. The predicted octanol–water partition coefficient (Wildman–Crippen LogP) is 5.10. The van der Waals surface area contributed by atoms with Crippen LogP contribution in [0.15, 0.2) is 48.7 Å². The number of benzene rings is 2. The summed E-state index contributed by atoms with van der Waals surface area (Å²) in [7, 11) is 0. The standard InChI is InChI=1S/C19H12ClF5N4O/c20-13-2-1-3-14(15(13)22)28-18-27-9-12(16(29-18)19(23,24)25)17(30)26-8-10-4-6-11(21)7-5-10/h1-7,9H,8H2,(H,26,30)(H,27,28,29). The highest BCUT2D eigenvalue weighted by atomic mass is 35.5. The Kier molecular flexibility index (Phi) is 6.16. The fourth-order valence-electron chi connectivity index (χ4n) is 2.42. The average Bonchev–Trinajstić information content (AvgIpc) is 2.70. The molecule has 2 N–H and O–H groups in total. The first kappa shape index (κ1) is 21.4. The molecule has 0 atom stereocenters. The van der Waals surface area contributed by atoms with Crippen LogP contribution in [-0.2, 0) is 12.7 Å². The van der Waals surface area contributed by atoms with Gasteiger partial charge in [-0.25, -0.2) is 18.7 Å². The van der Waals surface area contributed by atoms with Crippen LogP contribution < -0.4 is 10.6 Å². The van der Waals surface area contributed by atoms with E-state index in [1.54, 1.807) is 0 Å². The lowest BCUT2D eigenvalue weighted by Gasteiger charge is -2.14. The molecule has 1 aromatic heterocycles. The van der Waals surface area contributed by atoms with Crippen molar-refractivity contribution in [2.24, 2.45) is 0 Å². The largest absolute Gasteiger partial charge is 0.434 e. The van der Waals surface area contributed by atoms with Gasteiger partial charge in [-0.05, 0) is 29.8 Å². The highest BCUT2D eigenvalue weighted by Gasteiger charge is 2.38. The fraction of sp³-hybridized carbons (Fsp3) is 0.105. The lowest BCUT2D eigenvalue weighted by Crippen LogP contribution is -2.27. The van der Waals surface area contributed by atoms with Crippen LogP contribution in [0.4, 0.5) is 33.6 Å². The Morgan fingerprint density at radius 3 is 2.43 bits per heavy atom. The summed E-state index contributed by atoms with van der Waals surface area (Å²) >= 11 is 5.64. The lowest BCUT2D eigenvalue weighted by molar-refractivity contribution is -0.141. The molecule has 11 heteroatoms. The number of carbonyl (C=O) groups is 1. The molecule has 0 saturated carbocycles. The lowest BCUT2D eigenvalue weighted by atomic mass is 10.2. The molecule has 5 nitrogen and oxygen atoms in total. The van der Waals surface area contributed by atoms with Crippen LogP contribution in [0.25, 0.3) is 0 Å². The van der Waals surface area contributed by atoms with Gasteiger partial charge in [-0.1, -0.05) is 29.8 Å². The quantitative estimate of drug-likeness (QED) is 0.539. The van der Waals surface area contributed by atoms with Crippen LogP contribution in [0.5, 0.6) is 0 Å². The molecule has 0 bridgehead atoms. The van der Waals surface area contributed by atoms with Gasteiger partial charge in [-0.2, -0.15) is 13.2 Å². The van der Waals surface area contributed by atoms with Crippen molar-refractivity contribution in [3.63, 3.8) is 0 Å². The second kappa shape index (κ2) is 8.62. The number of carbonyl (C=O) groups excluding carboxylic acids is 1. The number of nitrogens with one attached hydrogen (secondary N) is 2. The number of anilines is 2. The topological polar surface area (TPSA) is 66.9 Å². The summed E-state index contributed by atoms with van der Waals surface area (Å²) in [4.78, 5) is 19.3. The number of amides is 1. The maximum atomic E-state index is 14.0. The van der Waals surface area contributed by atoms with Crippen LogP contribution in [0, 0.1) is 11.6 Å². The first-order valence-corrected chi connectivity index (χ1v) is 8.71. The van der Waals surface area contributed by atoms with E-state index in [4.69, 9.17) is 11.6 Å². The zero-order valence-electron chi connectivity index (χ0n) is 14.9. The van der Waals surface area contributed by atoms with Crippen LogP contribution in [-0.4, -0.2) is 15.9 Å². The van der Waals surface area contributed by atoms with Crippen LogP contribution >= 0.6 is 11.6 Å². The molecule has 1 amide bonds. The average molecular weight is 443 g/mol. The van der Waals surface area contributed by atoms with Gasteiger partial charge >= 0.3 is 6.18 Å². The summed E-state index contributed by atoms with van der Waals surface area (Å²) in [6.45, 7) is -0.135. The molecule has 2 aromatic carbocycles. The highest BCUT2D eigenvalue weighted by molar-refractivity contribution is 6.31. The Bertz CT molecular complexity index is 1070. The fourth-order valence-corrected chi connectivity index (χ4v) is 2.60. The highest BCUT2D eigenvalue weighted by Crippen LogP contribution is 2.32. The van der Waals surface area contributed by atoms with Gasteiger partial charge in [0.25, 0.3) is 5.91 Å². The summed E-state index contributed by atoms with van der Waals surface area (Å²) < 4.78 is 67.2. The Morgan fingerprint density at radius 1 is 1.07 bits per heavy atom. The van der Waals surface area contributed by atoms with E-state index in [9.17, 15) is 26.7 Å². The zero-order valence-corrected chi connectivity index (χ0v) is 15.7. The first-order chi connectivity index (χ1) is 14.1. The van der Waals surface area contributed by atoms with Crippen molar-refractivity contribution in [3.05, 3.63) is 82.1 Å². The molecule has 3 aromatic rings. The van der Waals surface area contributed by atoms with Gasteiger partial charge in [-0.15, -0.1) is 0 Å². The van der Waals surface area contributed by atoms with E-state index in [1.165, 1.54) is 30.3 Å². The summed E-state index contributed by atoms with van der Waals surface area (Å²) in [5, 5.41) is 4.36. The molecular formula is C19H12ClF5N4O. The number of hydrogen-bond donors (Lipinski definition) is 2. The number of aromatic nitrogens is 2. The van der Waals surface area contributed by atoms with Crippen LogP contribution in [0.3, 0.4) is 0 Å². The number of hydrogen-bond acceptors (Lipinski definition) is 4. The molecule has 0 aliphatic rings. The van der Waals surface area contributed by atoms with E-state index in [-0.39, 0.29) is 17.3 Å². The Morgan fingerprint density at radius 2 is 1.77 bits per heavy atom. The van der Waals surface area contributed by atoms with Gasteiger partial charge in [-0.3, -0.25) is 4.79 Å². The van der Waals surface area contributed by atoms with Crippen molar-refractivity contribution in [2.75, 3.05) is 5.32 Å². The molecule has 1 heterocycles. The minimum absolute atomic E-state index is 0.135. The molecule has 0 unspecified atom stereocenters. The van der Waals surface area contributed by atoms with E-state index in [2.05, 4.69) is 20.6 Å². The Labute approximate surface area is 171 Å². The third kappa shape index (κ3) is 5.01. The van der Waals surface area contributed by atoms with Gasteiger partial charge in [0.15, 0.2) is 11.5 Å². The zero-order chi connectivity index (χ0) is 21.9. The first-order valence-electron chi connectivity index (χ1n) is 8.33. The molecule has 156 valence electrons. The van der Waals surface area contributed by atoms with Crippen molar-refractivity contribution in [1.82, 2.24) is 15.3 Å². The molecule has 3 rings (SSSR count). The van der Waals surface area contributed by atoms with E-state index >= 15 is 0 Å². The predicted molar refractivity (Wildman–Crippen MR) is 99.3 cm³/mol. The molecule has 0 radical (unpaired) electrons. The molecule has 0 spiro atoms. The van der Waals surface area contributed by atoms with Gasteiger partial charge in [0.2, 0.25) is 5.95 Å². The second-order valence-electron chi connectivity index (χ2n) is 5.99. The van der Waals surface area contributed by atoms with Crippen LogP contribution in [0.1, 0.15) is 21.6 Å². The van der Waals surface area contributed by atoms with Crippen molar-refractivity contribution in [1.29, 1.82) is 0 Å². The van der Waals surface area contributed by atoms with E-state index < -0.39 is 40.9 Å². The number of nitrogens with zero attached hydrogens (tertiary/aromatic N) is 2. The van der Waals surface area contributed by atoms with Gasteiger partial charge in [0, 0.05) is 12.7 Å². The van der Waals surface area contributed by atoms with Crippen molar-refractivity contribution in [2.45, 2.75) is 12.7 Å². The minimum atomic E-state index is -4.98. The molecule has 0 fully saturated rings. The summed E-state index contributed by atoms with van der Waals surface area (Å²) in [6, 6.07) is 8.95. The molecule has 0 aliphatic heterocycles. The number of halogens is 6. The summed E-state index contributed by atoms with van der Waals surface area (Å²) in [5.74, 6) is -3.03. The van der Waals surface area contributed by atoms with Gasteiger partial charge < -0.3 is 10.6 Å². The summed E-state index contributed by atoms with van der Waals surface area (Å²) in [5.41, 5.74) is -2.07. The molecule has 30 heavy (non-hydrogen) atoms. The maximum Gasteiger partial charge on any atom is 0.434 e. The van der Waals surface area contributed by atoms with Gasteiger partial charge in [0.05, 0.1) is 16.3 Å². The van der Waals surface area contributed by atoms with Crippen molar-refractivity contribution in [3.8, 4) is 0 Å². The molecule has 0 aliphatic carbocycles. The third-order valence-electron chi connectivity index (χ3n) is 3.87. The summed E-state index contributed by atoms with van der Waals surface area (Å²) in [6.07, 6.45) is -4.30. The number of alkyl halides is 3. The third-order valence-corrected chi connectivity index (χ3v) is 4.16. The van der Waals surface area contributed by atoms with E-state index in [0.29, 0.717) is 11.8 Å². The molecular weight excluding hydrogens is 431 g/mol. The minimum Gasteiger partial charge on any atom is -0.348 e. The maximum absolute atomic E-state index is 14.0. The smallest absolute Gasteiger partial charge is 0.348 e.